The topological polar surface area (TPSA) is 55.9 Å². The third-order valence-corrected chi connectivity index (χ3v) is 2.92. The Hall–Kier alpha value is -1.97. The first-order valence-corrected chi connectivity index (χ1v) is 6.31. The highest BCUT2D eigenvalue weighted by Crippen LogP contribution is 2.19. The van der Waals surface area contributed by atoms with Crippen molar-refractivity contribution in [2.75, 3.05) is 17.6 Å². The lowest BCUT2D eigenvalue weighted by Crippen LogP contribution is -2.05. The van der Waals surface area contributed by atoms with E-state index in [0.29, 0.717) is 0 Å². The Morgan fingerprint density at radius 2 is 2.22 bits per heavy atom. The van der Waals surface area contributed by atoms with E-state index in [0.717, 1.165) is 37.3 Å². The number of nitrogens with one attached hydrogen (secondary N) is 1. The SMILES string of the molecule is Cc1ccc(NCCCCn2ccnc2)c(N)c1. The molecule has 0 fully saturated rings. The van der Waals surface area contributed by atoms with Crippen molar-refractivity contribution in [2.45, 2.75) is 26.3 Å². The fourth-order valence-electron chi connectivity index (χ4n) is 1.90. The summed E-state index contributed by atoms with van der Waals surface area (Å²) < 4.78 is 2.10. The molecule has 2 rings (SSSR count). The van der Waals surface area contributed by atoms with Crippen molar-refractivity contribution >= 4 is 11.4 Å². The van der Waals surface area contributed by atoms with E-state index in [1.807, 2.05) is 37.8 Å². The molecule has 0 atom stereocenters. The molecule has 4 heteroatoms. The Balaban J connectivity index is 1.69. The van der Waals surface area contributed by atoms with Crippen LogP contribution >= 0.6 is 0 Å². The van der Waals surface area contributed by atoms with Crippen molar-refractivity contribution in [1.29, 1.82) is 0 Å². The summed E-state index contributed by atoms with van der Waals surface area (Å²) in [4.78, 5) is 4.02. The number of nitrogens with two attached hydrogens (primary N) is 1. The van der Waals surface area contributed by atoms with E-state index in [1.165, 1.54) is 5.56 Å². The van der Waals surface area contributed by atoms with Gasteiger partial charge in [-0.05, 0) is 37.5 Å². The van der Waals surface area contributed by atoms with E-state index in [2.05, 4.69) is 20.9 Å². The van der Waals surface area contributed by atoms with Crippen molar-refractivity contribution in [3.8, 4) is 0 Å². The molecule has 2 aromatic rings. The normalized spacial score (nSPS) is 10.5. The number of nitrogens with zero attached hydrogens (tertiary/aromatic N) is 2. The quantitative estimate of drug-likeness (QED) is 0.606. The van der Waals surface area contributed by atoms with E-state index in [4.69, 9.17) is 5.73 Å². The van der Waals surface area contributed by atoms with Crippen LogP contribution in [0.2, 0.25) is 0 Å². The lowest BCUT2D eigenvalue weighted by Gasteiger charge is -2.10. The molecule has 0 saturated heterocycles. The van der Waals surface area contributed by atoms with E-state index < -0.39 is 0 Å². The minimum atomic E-state index is 0.824. The Kier molecular flexibility index (Phi) is 4.23. The molecule has 18 heavy (non-hydrogen) atoms. The summed E-state index contributed by atoms with van der Waals surface area (Å²) in [5.74, 6) is 0. The number of hydrogen-bond acceptors (Lipinski definition) is 3. The highest BCUT2D eigenvalue weighted by molar-refractivity contribution is 5.66. The van der Waals surface area contributed by atoms with Crippen LogP contribution in [0.15, 0.2) is 36.9 Å². The molecule has 96 valence electrons. The Morgan fingerprint density at radius 3 is 2.94 bits per heavy atom. The maximum atomic E-state index is 5.94. The van der Waals surface area contributed by atoms with Gasteiger partial charge in [-0.25, -0.2) is 4.98 Å². The van der Waals surface area contributed by atoms with Gasteiger partial charge in [-0.1, -0.05) is 6.07 Å². The molecule has 0 amide bonds. The average Bonchev–Trinajstić information content (AvgIpc) is 2.84. The van der Waals surface area contributed by atoms with E-state index in [-0.39, 0.29) is 0 Å². The van der Waals surface area contributed by atoms with Crippen LogP contribution < -0.4 is 11.1 Å². The summed E-state index contributed by atoms with van der Waals surface area (Å²) in [7, 11) is 0. The van der Waals surface area contributed by atoms with Crippen LogP contribution in [-0.4, -0.2) is 16.1 Å². The monoisotopic (exact) mass is 244 g/mol. The third-order valence-electron chi connectivity index (χ3n) is 2.92. The molecule has 4 nitrogen and oxygen atoms in total. The van der Waals surface area contributed by atoms with E-state index >= 15 is 0 Å². The van der Waals surface area contributed by atoms with Gasteiger partial charge in [0.25, 0.3) is 0 Å². The van der Waals surface area contributed by atoms with Crippen molar-refractivity contribution in [3.63, 3.8) is 0 Å². The zero-order valence-electron chi connectivity index (χ0n) is 10.8. The average molecular weight is 244 g/mol. The summed E-state index contributed by atoms with van der Waals surface area (Å²) in [6.07, 6.45) is 7.91. The number of nitrogen functional groups attached to an aromatic ring is 1. The van der Waals surface area contributed by atoms with Gasteiger partial charge >= 0.3 is 0 Å². The van der Waals surface area contributed by atoms with Crippen LogP contribution in [0.5, 0.6) is 0 Å². The maximum Gasteiger partial charge on any atom is 0.0945 e. The zero-order valence-corrected chi connectivity index (χ0v) is 10.8. The third kappa shape index (κ3) is 3.52. The van der Waals surface area contributed by atoms with Gasteiger partial charge in [0.1, 0.15) is 0 Å². The molecule has 0 aliphatic carbocycles. The fourth-order valence-corrected chi connectivity index (χ4v) is 1.90. The van der Waals surface area contributed by atoms with Gasteiger partial charge in [-0.3, -0.25) is 0 Å². The highest BCUT2D eigenvalue weighted by Gasteiger charge is 1.98. The van der Waals surface area contributed by atoms with Gasteiger partial charge in [-0.2, -0.15) is 0 Å². The van der Waals surface area contributed by atoms with Crippen LogP contribution in [0.25, 0.3) is 0 Å². The van der Waals surface area contributed by atoms with Gasteiger partial charge in [0.15, 0.2) is 0 Å². The summed E-state index contributed by atoms with van der Waals surface area (Å²) in [5, 5.41) is 3.37. The molecule has 1 aromatic carbocycles. The molecule has 0 spiro atoms. The van der Waals surface area contributed by atoms with E-state index in [1.54, 1.807) is 0 Å². The molecule has 0 bridgehead atoms. The van der Waals surface area contributed by atoms with Crippen LogP contribution in [0.4, 0.5) is 11.4 Å². The second-order valence-electron chi connectivity index (χ2n) is 4.53. The molecule has 0 unspecified atom stereocenters. The molecule has 0 radical (unpaired) electrons. The Morgan fingerprint density at radius 1 is 1.33 bits per heavy atom. The Bertz CT molecular complexity index is 477. The van der Waals surface area contributed by atoms with Crippen LogP contribution in [0, 0.1) is 6.92 Å². The standard InChI is InChI=1S/C14H20N4/c1-12-4-5-14(13(15)10-12)17-6-2-3-8-18-9-7-16-11-18/h4-5,7,9-11,17H,2-3,6,8,15H2,1H3. The molecule has 0 saturated carbocycles. The van der Waals surface area contributed by atoms with E-state index in [9.17, 15) is 0 Å². The number of rotatable bonds is 6. The summed E-state index contributed by atoms with van der Waals surface area (Å²) in [5.41, 5.74) is 8.99. The molecule has 0 aliphatic rings. The second-order valence-corrected chi connectivity index (χ2v) is 4.53. The zero-order chi connectivity index (χ0) is 12.8. The molecule has 1 aromatic heterocycles. The predicted octanol–water partition coefficient (Wildman–Crippen LogP) is 2.67. The highest BCUT2D eigenvalue weighted by atomic mass is 15.0. The lowest BCUT2D eigenvalue weighted by molar-refractivity contribution is 0.621. The Labute approximate surface area is 108 Å². The summed E-state index contributed by atoms with van der Waals surface area (Å²) >= 11 is 0. The maximum absolute atomic E-state index is 5.94. The smallest absolute Gasteiger partial charge is 0.0945 e. The largest absolute Gasteiger partial charge is 0.397 e. The molecule has 0 aliphatic heterocycles. The molecular formula is C14H20N4. The molecule has 3 N–H and O–H groups in total. The first kappa shape index (κ1) is 12.5. The summed E-state index contributed by atoms with van der Waals surface area (Å²) in [6, 6.07) is 6.11. The van der Waals surface area contributed by atoms with Crippen LogP contribution in [-0.2, 0) is 6.54 Å². The van der Waals surface area contributed by atoms with Crippen molar-refractivity contribution in [1.82, 2.24) is 9.55 Å². The van der Waals surface area contributed by atoms with Crippen molar-refractivity contribution in [2.24, 2.45) is 0 Å². The second kappa shape index (κ2) is 6.10. The van der Waals surface area contributed by atoms with Crippen molar-refractivity contribution < 1.29 is 0 Å². The van der Waals surface area contributed by atoms with Crippen LogP contribution in [0.1, 0.15) is 18.4 Å². The first-order chi connectivity index (χ1) is 8.75. The number of hydrogen-bond donors (Lipinski definition) is 2. The molecule has 1 heterocycles. The predicted molar refractivity (Wildman–Crippen MR) is 75.5 cm³/mol. The van der Waals surface area contributed by atoms with Gasteiger partial charge in [-0.15, -0.1) is 0 Å². The molecular weight excluding hydrogens is 224 g/mol. The first-order valence-electron chi connectivity index (χ1n) is 6.31. The van der Waals surface area contributed by atoms with Gasteiger partial charge in [0.05, 0.1) is 17.7 Å². The minimum absolute atomic E-state index is 0.824. The summed E-state index contributed by atoms with van der Waals surface area (Å²) in [6.45, 7) is 4.01. The van der Waals surface area contributed by atoms with Gasteiger partial charge in [0, 0.05) is 25.5 Å². The number of aryl methyl sites for hydroxylation is 2. The number of imidazole rings is 1. The number of aromatic nitrogens is 2. The number of anilines is 2. The van der Waals surface area contributed by atoms with Gasteiger partial charge < -0.3 is 15.6 Å². The van der Waals surface area contributed by atoms with Crippen LogP contribution in [0.3, 0.4) is 0 Å². The fraction of sp³-hybridized carbons (Fsp3) is 0.357. The van der Waals surface area contributed by atoms with Gasteiger partial charge in [0.2, 0.25) is 0 Å². The minimum Gasteiger partial charge on any atom is -0.397 e. The lowest BCUT2D eigenvalue weighted by atomic mass is 10.2. The number of unbranched alkanes of at least 4 members (excludes halogenated alkanes) is 1. The number of benzene rings is 1. The van der Waals surface area contributed by atoms with Crippen molar-refractivity contribution in [3.05, 3.63) is 42.5 Å².